The maximum absolute atomic E-state index is 12.2. The number of benzene rings is 4. The van der Waals surface area contributed by atoms with E-state index >= 15 is 0 Å². The average molecular weight is 672 g/mol. The number of hydrogen-bond acceptors (Lipinski definition) is 5. The molecule has 0 spiro atoms. The van der Waals surface area contributed by atoms with Gasteiger partial charge < -0.3 is 9.30 Å². The van der Waals surface area contributed by atoms with Crippen LogP contribution in [0.3, 0.4) is 0 Å². The number of ether oxygens (including phenoxy) is 1. The van der Waals surface area contributed by atoms with E-state index in [0.29, 0.717) is 39.5 Å². The first-order valence-corrected chi connectivity index (χ1v) is 16.4. The van der Waals surface area contributed by atoms with Gasteiger partial charge in [-0.3, -0.25) is 4.79 Å². The molecule has 1 aliphatic rings. The zero-order chi connectivity index (χ0) is 32.4. The molecule has 0 saturated carbocycles. The number of anilines is 1. The Morgan fingerprint density at radius 3 is 2.24 bits per heavy atom. The lowest BCUT2D eigenvalue weighted by Gasteiger charge is -2.15. The molecule has 1 fully saturated rings. The van der Waals surface area contributed by atoms with Gasteiger partial charge in [0.05, 0.1) is 16.4 Å². The lowest BCUT2D eigenvalue weighted by atomic mass is 10.1. The summed E-state index contributed by atoms with van der Waals surface area (Å²) < 4.78 is 35.5. The van der Waals surface area contributed by atoms with Crippen LogP contribution < -0.4 is 13.8 Å². The normalized spacial score (nSPS) is 14.1. The molecular weight excluding hydrogens is 643 g/mol. The van der Waals surface area contributed by atoms with Crippen molar-refractivity contribution in [2.45, 2.75) is 13.5 Å². The van der Waals surface area contributed by atoms with Gasteiger partial charge in [0.25, 0.3) is 5.91 Å². The fourth-order valence-electron chi connectivity index (χ4n) is 4.92. The van der Waals surface area contributed by atoms with Crippen molar-refractivity contribution in [2.24, 2.45) is 0 Å². The Balaban J connectivity index is 1.24. The zero-order valence-electron chi connectivity index (χ0n) is 24.7. The third-order valence-electron chi connectivity index (χ3n) is 7.30. The molecule has 1 aliphatic heterocycles. The Kier molecular flexibility index (Phi) is 8.73. The highest BCUT2D eigenvalue weighted by molar-refractivity contribution is 7.92. The van der Waals surface area contributed by atoms with E-state index < -0.39 is 16.1 Å². The summed E-state index contributed by atoms with van der Waals surface area (Å²) in [6.07, 6.45) is 5.79. The SMILES string of the molecule is C=C(C)c1ccc(Oc2ccc(/C=C/c3nc(-c4ccc(Cl)cc4Cl)cn3Cc3ccc(N4CC(=O)NS4(=O)=O)cc3)cc2)cc1. The van der Waals surface area contributed by atoms with Crippen LogP contribution in [0.4, 0.5) is 5.69 Å². The van der Waals surface area contributed by atoms with Crippen molar-refractivity contribution in [1.82, 2.24) is 14.3 Å². The van der Waals surface area contributed by atoms with Crippen LogP contribution in [0.2, 0.25) is 10.0 Å². The van der Waals surface area contributed by atoms with E-state index in [4.69, 9.17) is 32.9 Å². The first kappa shape index (κ1) is 31.2. The maximum atomic E-state index is 12.2. The van der Waals surface area contributed by atoms with Crippen molar-refractivity contribution >= 4 is 62.7 Å². The summed E-state index contributed by atoms with van der Waals surface area (Å²) in [5, 5.41) is 1.01. The van der Waals surface area contributed by atoms with E-state index in [1.165, 1.54) is 0 Å². The summed E-state index contributed by atoms with van der Waals surface area (Å²) >= 11 is 12.6. The summed E-state index contributed by atoms with van der Waals surface area (Å²) in [6.45, 7) is 6.12. The Labute approximate surface area is 277 Å². The number of allylic oxidation sites excluding steroid dienone is 1. The summed E-state index contributed by atoms with van der Waals surface area (Å²) in [5.41, 5.74) is 5.73. The summed E-state index contributed by atoms with van der Waals surface area (Å²) in [4.78, 5) is 16.5. The van der Waals surface area contributed by atoms with E-state index in [0.717, 1.165) is 37.9 Å². The molecule has 0 unspecified atom stereocenters. The molecule has 5 aromatic rings. The van der Waals surface area contributed by atoms with Crippen LogP contribution in [0.5, 0.6) is 11.5 Å². The maximum Gasteiger partial charge on any atom is 0.326 e. The number of imidazole rings is 1. The molecule has 1 saturated heterocycles. The molecule has 6 rings (SSSR count). The molecule has 0 atom stereocenters. The van der Waals surface area contributed by atoms with Crippen LogP contribution >= 0.6 is 23.2 Å². The Hall–Kier alpha value is -4.83. The Morgan fingerprint density at radius 1 is 0.957 bits per heavy atom. The average Bonchev–Trinajstić information content (AvgIpc) is 3.55. The molecular formula is C35H28Cl2N4O4S. The fourth-order valence-corrected chi connectivity index (χ4v) is 6.57. The monoisotopic (exact) mass is 670 g/mol. The van der Waals surface area contributed by atoms with Gasteiger partial charge in [-0.2, -0.15) is 8.42 Å². The summed E-state index contributed by atoms with van der Waals surface area (Å²) in [7, 11) is -3.88. The highest BCUT2D eigenvalue weighted by atomic mass is 35.5. The van der Waals surface area contributed by atoms with E-state index in [-0.39, 0.29) is 6.54 Å². The van der Waals surface area contributed by atoms with Crippen LogP contribution in [0.1, 0.15) is 29.4 Å². The number of hydrogen-bond donors (Lipinski definition) is 1. The predicted molar refractivity (Wildman–Crippen MR) is 184 cm³/mol. The van der Waals surface area contributed by atoms with Crippen molar-refractivity contribution in [3.8, 4) is 22.8 Å². The lowest BCUT2D eigenvalue weighted by Crippen LogP contribution is -2.29. The minimum atomic E-state index is -3.88. The first-order valence-electron chi connectivity index (χ1n) is 14.2. The highest BCUT2D eigenvalue weighted by Gasteiger charge is 2.33. The molecule has 1 aromatic heterocycles. The third-order valence-corrected chi connectivity index (χ3v) is 9.25. The zero-order valence-corrected chi connectivity index (χ0v) is 27.0. The van der Waals surface area contributed by atoms with Gasteiger partial charge >= 0.3 is 10.2 Å². The van der Waals surface area contributed by atoms with Gasteiger partial charge in [-0.25, -0.2) is 14.0 Å². The van der Waals surface area contributed by atoms with Crippen LogP contribution in [0.25, 0.3) is 29.0 Å². The van der Waals surface area contributed by atoms with E-state index in [9.17, 15) is 13.2 Å². The molecule has 0 bridgehead atoms. The standard InChI is InChI=1S/C35H28Cl2N4O4S/c1-23(2)26-8-15-30(16-9-26)45-29-13-5-24(6-14-29)7-18-34-38-33(31-17-10-27(36)19-32(31)37)21-40(34)20-25-3-11-28(12-4-25)41-22-35(42)39-46(41,43)44/h3-19,21H,1,20,22H2,2H3,(H,39,42)/b18-7+. The molecule has 1 N–H and O–H groups in total. The van der Waals surface area contributed by atoms with Gasteiger partial charge in [0.1, 0.15) is 23.9 Å². The van der Waals surface area contributed by atoms with Crippen molar-refractivity contribution in [3.63, 3.8) is 0 Å². The molecule has 0 aliphatic carbocycles. The number of aromatic nitrogens is 2. The van der Waals surface area contributed by atoms with Gasteiger partial charge in [0, 0.05) is 23.3 Å². The molecule has 4 aromatic carbocycles. The fraction of sp³-hybridized carbons (Fsp3) is 0.0857. The molecule has 46 heavy (non-hydrogen) atoms. The largest absolute Gasteiger partial charge is 0.457 e. The minimum Gasteiger partial charge on any atom is -0.457 e. The summed E-state index contributed by atoms with van der Waals surface area (Å²) in [5.74, 6) is 1.57. The second-order valence-electron chi connectivity index (χ2n) is 10.7. The number of amides is 1. The number of carbonyl (C=O) groups is 1. The summed E-state index contributed by atoms with van der Waals surface area (Å²) in [6, 6.07) is 27.8. The van der Waals surface area contributed by atoms with E-state index in [2.05, 4.69) is 6.58 Å². The molecule has 2 heterocycles. The van der Waals surface area contributed by atoms with Crippen molar-refractivity contribution < 1.29 is 17.9 Å². The second kappa shape index (κ2) is 12.9. The smallest absolute Gasteiger partial charge is 0.326 e. The van der Waals surface area contributed by atoms with E-state index in [1.807, 2.05) is 101 Å². The van der Waals surface area contributed by atoms with Crippen LogP contribution in [0.15, 0.2) is 104 Å². The van der Waals surface area contributed by atoms with E-state index in [1.54, 1.807) is 24.3 Å². The second-order valence-corrected chi connectivity index (χ2v) is 13.2. The topological polar surface area (TPSA) is 93.5 Å². The van der Waals surface area contributed by atoms with Gasteiger partial charge in [0.15, 0.2) is 0 Å². The number of nitrogens with zero attached hydrogens (tertiary/aromatic N) is 3. The Morgan fingerprint density at radius 2 is 1.63 bits per heavy atom. The van der Waals surface area contributed by atoms with Crippen molar-refractivity contribution in [3.05, 3.63) is 136 Å². The van der Waals surface area contributed by atoms with Crippen LogP contribution in [0, 0.1) is 0 Å². The van der Waals surface area contributed by atoms with Gasteiger partial charge in [-0.15, -0.1) is 0 Å². The highest BCUT2D eigenvalue weighted by Crippen LogP contribution is 2.31. The van der Waals surface area contributed by atoms with Crippen LogP contribution in [-0.2, 0) is 21.5 Å². The van der Waals surface area contributed by atoms with Crippen molar-refractivity contribution in [2.75, 3.05) is 10.8 Å². The Bertz CT molecular complexity index is 2070. The first-order chi connectivity index (χ1) is 22.0. The molecule has 0 radical (unpaired) electrons. The number of nitrogens with one attached hydrogen (secondary N) is 1. The minimum absolute atomic E-state index is 0.251. The number of halogens is 2. The predicted octanol–water partition coefficient (Wildman–Crippen LogP) is 8.08. The van der Waals surface area contributed by atoms with Crippen LogP contribution in [-0.4, -0.2) is 30.4 Å². The van der Waals surface area contributed by atoms with Gasteiger partial charge in [-0.1, -0.05) is 77.8 Å². The molecule has 8 nitrogen and oxygen atoms in total. The van der Waals surface area contributed by atoms with Crippen molar-refractivity contribution in [1.29, 1.82) is 0 Å². The third kappa shape index (κ3) is 7.02. The molecule has 11 heteroatoms. The number of rotatable bonds is 9. The van der Waals surface area contributed by atoms with Gasteiger partial charge in [0.2, 0.25) is 0 Å². The molecule has 232 valence electrons. The lowest BCUT2D eigenvalue weighted by molar-refractivity contribution is -0.117. The quantitative estimate of drug-likeness (QED) is 0.171. The number of carbonyl (C=O) groups excluding carboxylic acids is 1. The van der Waals surface area contributed by atoms with Gasteiger partial charge in [-0.05, 0) is 84.3 Å². The molecule has 1 amide bonds.